The summed E-state index contributed by atoms with van der Waals surface area (Å²) < 4.78 is 5.16. The predicted molar refractivity (Wildman–Crippen MR) is 154 cm³/mol. The van der Waals surface area contributed by atoms with E-state index >= 15 is 0 Å². The second-order valence-corrected chi connectivity index (χ2v) is 11.2. The van der Waals surface area contributed by atoms with Crippen molar-refractivity contribution in [3.05, 3.63) is 76.8 Å². The summed E-state index contributed by atoms with van der Waals surface area (Å²) in [5.74, 6) is 0.128. The van der Waals surface area contributed by atoms with Crippen molar-refractivity contribution in [3.8, 4) is 5.75 Å². The lowest BCUT2D eigenvalue weighted by atomic mass is 10.0. The first-order valence-corrected chi connectivity index (χ1v) is 14.6. The average Bonchev–Trinajstić information content (AvgIpc) is 3.73. The molecule has 1 aromatic heterocycles. The highest BCUT2D eigenvalue weighted by atomic mass is 32.1. The van der Waals surface area contributed by atoms with E-state index in [9.17, 15) is 14.4 Å². The van der Waals surface area contributed by atoms with Gasteiger partial charge < -0.3 is 20.3 Å². The van der Waals surface area contributed by atoms with E-state index in [1.54, 1.807) is 41.7 Å². The van der Waals surface area contributed by atoms with Gasteiger partial charge in [0.15, 0.2) is 5.13 Å². The maximum atomic E-state index is 13.0. The Morgan fingerprint density at radius 3 is 2.40 bits per heavy atom. The maximum absolute atomic E-state index is 13.0. The molecule has 1 saturated carbocycles. The molecule has 2 heterocycles. The molecule has 210 valence electrons. The molecule has 0 unspecified atom stereocenters. The number of rotatable bonds is 11. The topological polar surface area (TPSA) is 104 Å². The number of ether oxygens (including phenoxy) is 1. The minimum atomic E-state index is -0.304. The molecule has 0 radical (unpaired) electrons. The minimum Gasteiger partial charge on any atom is -0.497 e. The number of hydrogen-bond donors (Lipinski definition) is 2. The first-order chi connectivity index (χ1) is 19.5. The fourth-order valence-corrected chi connectivity index (χ4v) is 5.66. The van der Waals surface area contributed by atoms with Crippen LogP contribution in [0.3, 0.4) is 0 Å². The number of likely N-dealkylation sites (tertiary alicyclic amines) is 1. The molecule has 2 aromatic carbocycles. The van der Waals surface area contributed by atoms with Crippen molar-refractivity contribution in [3.63, 3.8) is 0 Å². The number of aromatic nitrogens is 1. The smallest absolute Gasteiger partial charge is 0.254 e. The number of anilines is 1. The van der Waals surface area contributed by atoms with Crippen molar-refractivity contribution >= 4 is 34.2 Å². The molecule has 10 heteroatoms. The van der Waals surface area contributed by atoms with Gasteiger partial charge in [-0.2, -0.15) is 0 Å². The molecule has 9 nitrogen and oxygen atoms in total. The lowest BCUT2D eigenvalue weighted by molar-refractivity contribution is -0.121. The van der Waals surface area contributed by atoms with Crippen molar-refractivity contribution in [2.24, 2.45) is 0 Å². The Bertz CT molecular complexity index is 1300. The number of nitrogens with zero attached hydrogens (tertiary/aromatic N) is 3. The number of thiazole rings is 1. The maximum Gasteiger partial charge on any atom is 0.254 e. The summed E-state index contributed by atoms with van der Waals surface area (Å²) in [5.41, 5.74) is 2.44. The van der Waals surface area contributed by atoms with Crippen molar-refractivity contribution < 1.29 is 19.1 Å². The Morgan fingerprint density at radius 1 is 1.00 bits per heavy atom. The quantitative estimate of drug-likeness (QED) is 0.370. The van der Waals surface area contributed by atoms with E-state index in [-0.39, 0.29) is 42.8 Å². The first kappa shape index (κ1) is 27.8. The van der Waals surface area contributed by atoms with Crippen LogP contribution in [0.2, 0.25) is 0 Å². The Hall–Kier alpha value is -3.76. The van der Waals surface area contributed by atoms with Gasteiger partial charge in [-0.15, -0.1) is 11.3 Å². The van der Waals surface area contributed by atoms with E-state index < -0.39 is 0 Å². The van der Waals surface area contributed by atoms with Gasteiger partial charge in [0, 0.05) is 42.7 Å². The monoisotopic (exact) mass is 561 g/mol. The van der Waals surface area contributed by atoms with Crippen LogP contribution < -0.4 is 15.4 Å². The molecule has 0 spiro atoms. The van der Waals surface area contributed by atoms with Gasteiger partial charge in [-0.25, -0.2) is 4.98 Å². The number of piperidine rings is 1. The van der Waals surface area contributed by atoms with Crippen LogP contribution in [0, 0.1) is 0 Å². The average molecular weight is 562 g/mol. The molecule has 1 aliphatic carbocycles. The van der Waals surface area contributed by atoms with E-state index in [0.29, 0.717) is 22.1 Å². The van der Waals surface area contributed by atoms with Crippen LogP contribution in [-0.4, -0.2) is 71.3 Å². The van der Waals surface area contributed by atoms with Crippen molar-refractivity contribution in [2.75, 3.05) is 32.1 Å². The Morgan fingerprint density at radius 2 is 1.73 bits per heavy atom. The minimum absolute atomic E-state index is 0.0477. The molecule has 40 heavy (non-hydrogen) atoms. The number of methoxy groups -OCH3 is 1. The third-order valence-electron chi connectivity index (χ3n) is 7.24. The standard InChI is InChI=1S/C30H35N5O4S/c1-39-26-11-7-22(8-12-26)29(38)35(25-9-10-25)19-28(37)33-30-32-24(20-40-30)17-27(36)31-23-13-15-34(16-14-23)18-21-5-3-2-4-6-21/h2-8,11-12,20,23,25H,9-10,13-19H2,1H3,(H,31,36)(H,32,33,37). The molecule has 0 atom stereocenters. The van der Waals surface area contributed by atoms with E-state index in [1.807, 2.05) is 6.07 Å². The van der Waals surface area contributed by atoms with Gasteiger partial charge in [-0.1, -0.05) is 30.3 Å². The Labute approximate surface area is 238 Å². The summed E-state index contributed by atoms with van der Waals surface area (Å²) in [5, 5.41) is 8.16. The normalized spacial score (nSPS) is 15.8. The third-order valence-corrected chi connectivity index (χ3v) is 8.05. The van der Waals surface area contributed by atoms with Crippen LogP contribution in [0.25, 0.3) is 0 Å². The number of hydrogen-bond acceptors (Lipinski definition) is 7. The summed E-state index contributed by atoms with van der Waals surface area (Å²) in [4.78, 5) is 47.0. The molecule has 0 bridgehead atoms. The summed E-state index contributed by atoms with van der Waals surface area (Å²) in [7, 11) is 1.57. The van der Waals surface area contributed by atoms with E-state index in [4.69, 9.17) is 4.74 Å². The largest absolute Gasteiger partial charge is 0.497 e. The molecule has 1 saturated heterocycles. The van der Waals surface area contributed by atoms with Gasteiger partial charge in [-0.05, 0) is 55.5 Å². The fraction of sp³-hybridized carbons (Fsp3) is 0.400. The highest BCUT2D eigenvalue weighted by Crippen LogP contribution is 2.29. The molecular weight excluding hydrogens is 526 g/mol. The predicted octanol–water partition coefficient (Wildman–Crippen LogP) is 3.72. The molecule has 2 fully saturated rings. The zero-order chi connectivity index (χ0) is 27.9. The van der Waals surface area contributed by atoms with Gasteiger partial charge in [0.1, 0.15) is 12.3 Å². The molecule has 1 aliphatic heterocycles. The lowest BCUT2D eigenvalue weighted by Crippen LogP contribution is -2.44. The summed E-state index contributed by atoms with van der Waals surface area (Å²) >= 11 is 1.28. The van der Waals surface area contributed by atoms with Gasteiger partial charge in [0.05, 0.1) is 19.2 Å². The number of amides is 3. The molecule has 3 aromatic rings. The second-order valence-electron chi connectivity index (χ2n) is 10.4. The van der Waals surface area contributed by atoms with Crippen LogP contribution in [0.15, 0.2) is 60.0 Å². The first-order valence-electron chi connectivity index (χ1n) is 13.7. The fourth-order valence-electron chi connectivity index (χ4n) is 4.93. The highest BCUT2D eigenvalue weighted by Gasteiger charge is 2.34. The van der Waals surface area contributed by atoms with E-state index in [2.05, 4.69) is 44.8 Å². The molecule has 5 rings (SSSR count). The molecule has 2 aliphatic rings. The summed E-state index contributed by atoms with van der Waals surface area (Å²) in [6, 6.07) is 17.6. The van der Waals surface area contributed by atoms with E-state index in [1.165, 1.54) is 16.9 Å². The zero-order valence-electron chi connectivity index (χ0n) is 22.7. The van der Waals surface area contributed by atoms with Crippen LogP contribution >= 0.6 is 11.3 Å². The van der Waals surface area contributed by atoms with Gasteiger partial charge in [0.2, 0.25) is 11.8 Å². The summed E-state index contributed by atoms with van der Waals surface area (Å²) in [6.45, 7) is 2.79. The Kier molecular flexibility index (Phi) is 9.08. The van der Waals surface area contributed by atoms with Crippen LogP contribution in [0.4, 0.5) is 5.13 Å². The van der Waals surface area contributed by atoms with Crippen LogP contribution in [0.1, 0.15) is 47.3 Å². The van der Waals surface area contributed by atoms with Crippen molar-refractivity contribution in [1.29, 1.82) is 0 Å². The zero-order valence-corrected chi connectivity index (χ0v) is 23.5. The lowest BCUT2D eigenvalue weighted by Gasteiger charge is -2.32. The SMILES string of the molecule is COc1ccc(C(=O)N(CC(=O)Nc2nc(CC(=O)NC3CCN(Cc4ccccc4)CC3)cs2)C2CC2)cc1. The molecule has 2 N–H and O–H groups in total. The van der Waals surface area contributed by atoms with Gasteiger partial charge in [-0.3, -0.25) is 19.3 Å². The Balaban J connectivity index is 1.06. The second kappa shape index (κ2) is 13.1. The van der Waals surface area contributed by atoms with Gasteiger partial charge >= 0.3 is 0 Å². The van der Waals surface area contributed by atoms with E-state index in [0.717, 1.165) is 45.3 Å². The summed E-state index contributed by atoms with van der Waals surface area (Å²) in [6.07, 6.45) is 3.78. The number of carbonyl (C=O) groups excluding carboxylic acids is 3. The number of nitrogens with one attached hydrogen (secondary N) is 2. The van der Waals surface area contributed by atoms with Crippen molar-refractivity contribution in [2.45, 2.75) is 50.7 Å². The van der Waals surface area contributed by atoms with Crippen LogP contribution in [0.5, 0.6) is 5.75 Å². The van der Waals surface area contributed by atoms with Crippen LogP contribution in [-0.2, 0) is 22.6 Å². The molecular formula is C30H35N5O4S. The number of benzene rings is 2. The van der Waals surface area contributed by atoms with Gasteiger partial charge in [0.25, 0.3) is 5.91 Å². The molecule has 3 amide bonds. The van der Waals surface area contributed by atoms with Crippen molar-refractivity contribution in [1.82, 2.24) is 20.1 Å². The third kappa shape index (κ3) is 7.67. The number of carbonyl (C=O) groups is 3. The highest BCUT2D eigenvalue weighted by molar-refractivity contribution is 7.13.